The van der Waals surface area contributed by atoms with Crippen LogP contribution in [0.3, 0.4) is 0 Å². The molecule has 5 heteroatoms. The molecule has 2 unspecified atom stereocenters. The number of nitrogens with two attached hydrogens (primary N) is 1. The second kappa shape index (κ2) is 5.59. The van der Waals surface area contributed by atoms with Crippen molar-refractivity contribution in [1.82, 2.24) is 0 Å². The molecule has 0 aromatic heterocycles. The molecule has 1 aliphatic rings. The molecule has 2 rings (SSSR count). The molecule has 1 heterocycles. The van der Waals surface area contributed by atoms with Crippen LogP contribution in [0.5, 0.6) is 5.75 Å². The molecule has 0 saturated carbocycles. The molecular formula is C14H20N2O3. The Morgan fingerprint density at radius 2 is 2.37 bits per heavy atom. The molecule has 1 aromatic rings. The quantitative estimate of drug-likeness (QED) is 0.860. The van der Waals surface area contributed by atoms with Gasteiger partial charge in [-0.05, 0) is 24.1 Å². The number of benzene rings is 1. The number of amides is 1. The fourth-order valence-corrected chi connectivity index (χ4v) is 2.22. The Balaban J connectivity index is 2.40. The van der Waals surface area contributed by atoms with Crippen LogP contribution in [0.1, 0.15) is 31.9 Å². The molecule has 1 aromatic carbocycles. The van der Waals surface area contributed by atoms with Gasteiger partial charge in [0.2, 0.25) is 5.91 Å². The number of carbonyl (C=O) groups is 1. The maximum absolute atomic E-state index is 11.8. The molecule has 1 aliphatic heterocycles. The Morgan fingerprint density at radius 1 is 1.63 bits per heavy atom. The van der Waals surface area contributed by atoms with Crippen LogP contribution < -0.4 is 15.4 Å². The summed E-state index contributed by atoms with van der Waals surface area (Å²) in [5, 5.41) is 9.78. The van der Waals surface area contributed by atoms with E-state index in [1.54, 1.807) is 23.1 Å². The highest BCUT2D eigenvalue weighted by atomic mass is 16.5. The Labute approximate surface area is 113 Å². The average molecular weight is 264 g/mol. The summed E-state index contributed by atoms with van der Waals surface area (Å²) in [5.41, 5.74) is 6.87. The van der Waals surface area contributed by atoms with E-state index in [-0.39, 0.29) is 18.6 Å². The van der Waals surface area contributed by atoms with Gasteiger partial charge < -0.3 is 20.5 Å². The summed E-state index contributed by atoms with van der Waals surface area (Å²) < 4.78 is 5.82. The summed E-state index contributed by atoms with van der Waals surface area (Å²) >= 11 is 0. The number of fused-ring (bicyclic) bond motifs is 1. The fourth-order valence-electron chi connectivity index (χ4n) is 2.22. The lowest BCUT2D eigenvalue weighted by Gasteiger charge is -2.34. The number of nitrogens with zero attached hydrogens (tertiary/aromatic N) is 1. The minimum absolute atomic E-state index is 0.0154. The SMILES string of the molecule is CCC1CN(C(C)=O)c2cc(C(O)CN)ccc2O1. The topological polar surface area (TPSA) is 75.8 Å². The Bertz CT molecular complexity index is 476. The molecule has 1 amide bonds. The van der Waals surface area contributed by atoms with Crippen molar-refractivity contribution in [1.29, 1.82) is 0 Å². The molecule has 0 bridgehead atoms. The Hall–Kier alpha value is -1.59. The number of hydrogen-bond acceptors (Lipinski definition) is 4. The third-order valence-electron chi connectivity index (χ3n) is 3.40. The van der Waals surface area contributed by atoms with E-state index < -0.39 is 6.10 Å². The monoisotopic (exact) mass is 264 g/mol. The van der Waals surface area contributed by atoms with Crippen molar-refractivity contribution in [3.8, 4) is 5.75 Å². The van der Waals surface area contributed by atoms with Crippen molar-refractivity contribution < 1.29 is 14.6 Å². The number of rotatable bonds is 3. The Morgan fingerprint density at radius 3 is 2.95 bits per heavy atom. The molecule has 104 valence electrons. The maximum Gasteiger partial charge on any atom is 0.224 e. The van der Waals surface area contributed by atoms with E-state index in [2.05, 4.69) is 0 Å². The minimum atomic E-state index is -0.719. The van der Waals surface area contributed by atoms with Gasteiger partial charge in [-0.3, -0.25) is 4.79 Å². The molecule has 0 aliphatic carbocycles. The van der Waals surface area contributed by atoms with E-state index in [0.717, 1.165) is 6.42 Å². The summed E-state index contributed by atoms with van der Waals surface area (Å²) in [4.78, 5) is 13.5. The highest BCUT2D eigenvalue weighted by Crippen LogP contribution is 2.36. The van der Waals surface area contributed by atoms with Gasteiger partial charge in [-0.15, -0.1) is 0 Å². The molecule has 2 atom stereocenters. The van der Waals surface area contributed by atoms with Crippen LogP contribution in [-0.2, 0) is 4.79 Å². The first-order valence-corrected chi connectivity index (χ1v) is 6.53. The summed E-state index contributed by atoms with van der Waals surface area (Å²) in [7, 11) is 0. The van der Waals surface area contributed by atoms with E-state index in [4.69, 9.17) is 10.5 Å². The third-order valence-corrected chi connectivity index (χ3v) is 3.40. The highest BCUT2D eigenvalue weighted by molar-refractivity contribution is 5.93. The summed E-state index contributed by atoms with van der Waals surface area (Å²) in [6.07, 6.45) is 0.140. The summed E-state index contributed by atoms with van der Waals surface area (Å²) in [6.45, 7) is 4.26. The van der Waals surface area contributed by atoms with Crippen molar-refractivity contribution in [3.05, 3.63) is 23.8 Å². The van der Waals surface area contributed by atoms with Gasteiger partial charge in [0.05, 0.1) is 18.3 Å². The van der Waals surface area contributed by atoms with Crippen LogP contribution in [0.15, 0.2) is 18.2 Å². The van der Waals surface area contributed by atoms with E-state index in [1.165, 1.54) is 6.92 Å². The second-order valence-electron chi connectivity index (χ2n) is 4.76. The largest absolute Gasteiger partial charge is 0.486 e. The van der Waals surface area contributed by atoms with Gasteiger partial charge in [-0.25, -0.2) is 0 Å². The first-order valence-electron chi connectivity index (χ1n) is 6.53. The van der Waals surface area contributed by atoms with Gasteiger partial charge in [0.15, 0.2) is 0 Å². The molecule has 0 radical (unpaired) electrons. The van der Waals surface area contributed by atoms with Crippen LogP contribution in [-0.4, -0.2) is 30.2 Å². The normalized spacial score (nSPS) is 19.6. The van der Waals surface area contributed by atoms with E-state index >= 15 is 0 Å². The lowest BCUT2D eigenvalue weighted by molar-refractivity contribution is -0.117. The van der Waals surface area contributed by atoms with Crippen molar-refractivity contribution in [2.45, 2.75) is 32.5 Å². The molecule has 0 saturated heterocycles. The molecule has 19 heavy (non-hydrogen) atoms. The summed E-state index contributed by atoms with van der Waals surface area (Å²) in [6, 6.07) is 5.36. The molecule has 0 spiro atoms. The number of aliphatic hydroxyl groups excluding tert-OH is 1. The van der Waals surface area contributed by atoms with Crippen LogP contribution in [0.25, 0.3) is 0 Å². The number of carbonyl (C=O) groups excluding carboxylic acids is 1. The van der Waals surface area contributed by atoms with Crippen molar-refractivity contribution in [2.75, 3.05) is 18.0 Å². The lowest BCUT2D eigenvalue weighted by Crippen LogP contribution is -2.42. The maximum atomic E-state index is 11.8. The van der Waals surface area contributed by atoms with Crippen LogP contribution >= 0.6 is 0 Å². The van der Waals surface area contributed by atoms with Gasteiger partial charge in [-0.1, -0.05) is 13.0 Å². The van der Waals surface area contributed by atoms with Crippen LogP contribution in [0, 0.1) is 0 Å². The fraction of sp³-hybridized carbons (Fsp3) is 0.500. The van der Waals surface area contributed by atoms with Crippen molar-refractivity contribution in [2.24, 2.45) is 5.73 Å². The second-order valence-corrected chi connectivity index (χ2v) is 4.76. The Kier molecular flexibility index (Phi) is 4.07. The van der Waals surface area contributed by atoms with Crippen LogP contribution in [0.4, 0.5) is 5.69 Å². The van der Waals surface area contributed by atoms with Gasteiger partial charge in [0.1, 0.15) is 11.9 Å². The van der Waals surface area contributed by atoms with Crippen LogP contribution in [0.2, 0.25) is 0 Å². The molecule has 0 fully saturated rings. The van der Waals surface area contributed by atoms with Crippen molar-refractivity contribution >= 4 is 11.6 Å². The first-order chi connectivity index (χ1) is 9.06. The van der Waals surface area contributed by atoms with Crippen molar-refractivity contribution in [3.63, 3.8) is 0 Å². The zero-order valence-corrected chi connectivity index (χ0v) is 11.3. The summed E-state index contributed by atoms with van der Waals surface area (Å²) in [5.74, 6) is 0.656. The number of aliphatic hydroxyl groups is 1. The number of ether oxygens (including phenoxy) is 1. The number of anilines is 1. The number of hydrogen-bond donors (Lipinski definition) is 2. The van der Waals surface area contributed by atoms with Gasteiger partial charge in [0.25, 0.3) is 0 Å². The zero-order valence-electron chi connectivity index (χ0n) is 11.3. The molecule has 3 N–H and O–H groups in total. The van der Waals surface area contributed by atoms with E-state index in [0.29, 0.717) is 23.5 Å². The lowest BCUT2D eigenvalue weighted by atomic mass is 10.1. The minimum Gasteiger partial charge on any atom is -0.486 e. The van der Waals surface area contributed by atoms with Gasteiger partial charge in [-0.2, -0.15) is 0 Å². The highest BCUT2D eigenvalue weighted by Gasteiger charge is 2.27. The van der Waals surface area contributed by atoms with Gasteiger partial charge >= 0.3 is 0 Å². The molecular weight excluding hydrogens is 244 g/mol. The average Bonchev–Trinajstić information content (AvgIpc) is 2.44. The zero-order chi connectivity index (χ0) is 14.0. The predicted molar refractivity (Wildman–Crippen MR) is 73.2 cm³/mol. The standard InChI is InChI=1S/C14H20N2O3/c1-3-11-8-16(9(2)17)12-6-10(13(18)7-15)4-5-14(12)19-11/h4-6,11,13,18H,3,7-8,15H2,1-2H3. The molecule has 5 nitrogen and oxygen atoms in total. The smallest absolute Gasteiger partial charge is 0.224 e. The third kappa shape index (κ3) is 2.72. The van der Waals surface area contributed by atoms with Gasteiger partial charge in [0, 0.05) is 13.5 Å². The van der Waals surface area contributed by atoms with E-state index in [9.17, 15) is 9.90 Å². The predicted octanol–water partition coefficient (Wildman–Crippen LogP) is 1.20. The first kappa shape index (κ1) is 13.8. The van der Waals surface area contributed by atoms with E-state index in [1.807, 2.05) is 6.92 Å².